The van der Waals surface area contributed by atoms with Crippen molar-refractivity contribution in [2.45, 2.75) is 0 Å². The molecule has 116 valence electrons. The van der Waals surface area contributed by atoms with Crippen molar-refractivity contribution in [2.24, 2.45) is 5.10 Å². The lowest BCUT2D eigenvalue weighted by molar-refractivity contribution is 0.0950. The van der Waals surface area contributed by atoms with Gasteiger partial charge < -0.3 is 5.73 Å². The number of carbonyl (C=O) groups excluding carboxylic acids is 1. The minimum absolute atomic E-state index is 0.0284. The van der Waals surface area contributed by atoms with Gasteiger partial charge in [-0.25, -0.2) is 10.1 Å². The summed E-state index contributed by atoms with van der Waals surface area (Å²) in [6, 6.07) is 6.95. The number of nitrogens with two attached hydrogens (primary N) is 1. The van der Waals surface area contributed by atoms with Gasteiger partial charge in [-0.05, 0) is 28.0 Å². The molecule has 3 N–H and O–H groups in total. The van der Waals surface area contributed by atoms with E-state index in [1.165, 1.54) is 17.1 Å². The summed E-state index contributed by atoms with van der Waals surface area (Å²) in [5.41, 5.74) is 8.66. The molecular weight excluding hydrogens is 324 g/mol. The van der Waals surface area contributed by atoms with Crippen molar-refractivity contribution in [3.8, 4) is 5.82 Å². The van der Waals surface area contributed by atoms with Crippen LogP contribution in [-0.2, 0) is 0 Å². The number of nitrogens with zero attached hydrogens (tertiary/aromatic N) is 6. The molecule has 0 atom stereocenters. The van der Waals surface area contributed by atoms with Crippen molar-refractivity contribution < 1.29 is 9.42 Å². The van der Waals surface area contributed by atoms with E-state index in [1.807, 2.05) is 0 Å². The number of carbonyl (C=O) groups is 1. The van der Waals surface area contributed by atoms with Gasteiger partial charge in [-0.15, -0.1) is 5.10 Å². The second-order valence-electron chi connectivity index (χ2n) is 4.27. The topological polar surface area (TPSA) is 137 Å². The molecule has 0 radical (unpaired) electrons. The summed E-state index contributed by atoms with van der Waals surface area (Å²) in [5.74, 6) is -0.375. The Kier molecular flexibility index (Phi) is 3.97. The zero-order valence-corrected chi connectivity index (χ0v) is 12.2. The third kappa shape index (κ3) is 3.32. The average molecular weight is 333 g/mol. The lowest BCUT2D eigenvalue weighted by Gasteiger charge is -1.95. The summed E-state index contributed by atoms with van der Waals surface area (Å²) in [6.45, 7) is 0. The van der Waals surface area contributed by atoms with Crippen molar-refractivity contribution in [3.63, 3.8) is 0 Å². The van der Waals surface area contributed by atoms with Gasteiger partial charge in [-0.3, -0.25) is 4.79 Å². The van der Waals surface area contributed by atoms with Crippen molar-refractivity contribution in [1.82, 2.24) is 30.7 Å². The largest absolute Gasteiger partial charge is 0.378 e. The fourth-order valence-corrected chi connectivity index (χ4v) is 1.72. The fourth-order valence-electron chi connectivity index (χ4n) is 1.59. The van der Waals surface area contributed by atoms with Crippen LogP contribution in [0.4, 0.5) is 5.82 Å². The number of anilines is 1. The number of rotatable bonds is 4. The van der Waals surface area contributed by atoms with E-state index in [1.54, 1.807) is 24.3 Å². The minimum Gasteiger partial charge on any atom is -0.378 e. The number of halogens is 1. The van der Waals surface area contributed by atoms with Gasteiger partial charge in [0, 0.05) is 5.02 Å². The van der Waals surface area contributed by atoms with Crippen LogP contribution in [0.3, 0.4) is 0 Å². The lowest BCUT2D eigenvalue weighted by Crippen LogP contribution is -2.18. The van der Waals surface area contributed by atoms with Gasteiger partial charge in [0.05, 0.1) is 12.4 Å². The van der Waals surface area contributed by atoms with E-state index < -0.39 is 5.91 Å². The summed E-state index contributed by atoms with van der Waals surface area (Å²) in [4.78, 5) is 11.9. The van der Waals surface area contributed by atoms with E-state index >= 15 is 0 Å². The van der Waals surface area contributed by atoms with Crippen LogP contribution in [0.25, 0.3) is 5.82 Å². The maximum Gasteiger partial charge on any atom is 0.293 e. The van der Waals surface area contributed by atoms with Gasteiger partial charge >= 0.3 is 0 Å². The normalized spacial score (nSPS) is 11.0. The second kappa shape index (κ2) is 6.23. The third-order valence-electron chi connectivity index (χ3n) is 2.69. The molecule has 3 rings (SSSR count). The molecule has 0 aliphatic carbocycles. The first-order valence-corrected chi connectivity index (χ1v) is 6.61. The highest BCUT2D eigenvalue weighted by molar-refractivity contribution is 6.30. The summed E-state index contributed by atoms with van der Waals surface area (Å²) >= 11 is 5.78. The van der Waals surface area contributed by atoms with Crippen LogP contribution in [0.5, 0.6) is 0 Å². The summed E-state index contributed by atoms with van der Waals surface area (Å²) in [6.07, 6.45) is 2.79. The predicted octanol–water partition coefficient (Wildman–Crippen LogP) is 0.650. The first-order valence-electron chi connectivity index (χ1n) is 6.23. The number of nitrogen functional groups attached to an aromatic ring is 1. The van der Waals surface area contributed by atoms with Crippen LogP contribution in [0.15, 0.2) is 40.2 Å². The molecule has 1 amide bonds. The number of hydrazone groups is 1. The van der Waals surface area contributed by atoms with Crippen LogP contribution in [0.2, 0.25) is 5.02 Å². The van der Waals surface area contributed by atoms with Gasteiger partial charge in [0.1, 0.15) is 0 Å². The number of hydrogen-bond donors (Lipinski definition) is 2. The molecule has 0 fully saturated rings. The van der Waals surface area contributed by atoms with E-state index in [-0.39, 0.29) is 17.3 Å². The zero-order valence-electron chi connectivity index (χ0n) is 11.4. The van der Waals surface area contributed by atoms with Crippen LogP contribution >= 0.6 is 11.6 Å². The Balaban J connectivity index is 1.66. The van der Waals surface area contributed by atoms with Gasteiger partial charge in [0.2, 0.25) is 11.6 Å². The molecule has 1 aromatic carbocycles. The Labute approximate surface area is 133 Å². The Morgan fingerprint density at radius 3 is 2.83 bits per heavy atom. The molecule has 0 bridgehead atoms. The molecule has 0 aliphatic rings. The molecule has 3 aromatic rings. The predicted molar refractivity (Wildman–Crippen MR) is 80.1 cm³/mol. The average Bonchev–Trinajstić information content (AvgIpc) is 3.17. The van der Waals surface area contributed by atoms with Crippen LogP contribution in [0.1, 0.15) is 16.1 Å². The number of nitrogens with one attached hydrogen (secondary N) is 1. The van der Waals surface area contributed by atoms with E-state index in [2.05, 4.69) is 35.8 Å². The molecule has 2 heterocycles. The van der Waals surface area contributed by atoms with Gasteiger partial charge in [-0.1, -0.05) is 28.9 Å². The summed E-state index contributed by atoms with van der Waals surface area (Å²) in [5, 5.41) is 18.8. The van der Waals surface area contributed by atoms with Crippen molar-refractivity contribution >= 4 is 29.5 Å². The maximum atomic E-state index is 11.9. The Morgan fingerprint density at radius 2 is 2.13 bits per heavy atom. The quantitative estimate of drug-likeness (QED) is 0.528. The molecule has 0 unspecified atom stereocenters. The van der Waals surface area contributed by atoms with Gasteiger partial charge in [-0.2, -0.15) is 9.78 Å². The number of amides is 1. The standard InChI is InChI=1S/C12H9ClN8O2/c13-8-3-1-7(2-4-8)5-15-17-12(22)9-6-21(20-16-9)11-10(14)18-23-19-11/h1-6H,(H2,14,18)(H,17,22). The highest BCUT2D eigenvalue weighted by Crippen LogP contribution is 2.10. The monoisotopic (exact) mass is 332 g/mol. The van der Waals surface area contributed by atoms with E-state index in [0.29, 0.717) is 5.02 Å². The van der Waals surface area contributed by atoms with Crippen molar-refractivity contribution in [1.29, 1.82) is 0 Å². The fraction of sp³-hybridized carbons (Fsp3) is 0. The van der Waals surface area contributed by atoms with E-state index in [4.69, 9.17) is 17.3 Å². The molecule has 11 heteroatoms. The molecule has 10 nitrogen and oxygen atoms in total. The van der Waals surface area contributed by atoms with E-state index in [0.717, 1.165) is 5.56 Å². The SMILES string of the molecule is Nc1nonc1-n1cc(C(=O)NN=Cc2ccc(Cl)cc2)nn1. The van der Waals surface area contributed by atoms with E-state index in [9.17, 15) is 4.79 Å². The summed E-state index contributed by atoms with van der Waals surface area (Å²) < 4.78 is 5.61. The molecule has 23 heavy (non-hydrogen) atoms. The summed E-state index contributed by atoms with van der Waals surface area (Å²) in [7, 11) is 0. The highest BCUT2D eigenvalue weighted by atomic mass is 35.5. The first kappa shape index (κ1) is 14.7. The molecule has 0 saturated heterocycles. The lowest BCUT2D eigenvalue weighted by atomic mass is 10.2. The first-order chi connectivity index (χ1) is 11.1. The van der Waals surface area contributed by atoms with Crippen LogP contribution in [0, 0.1) is 0 Å². The minimum atomic E-state index is -0.545. The van der Waals surface area contributed by atoms with Crippen LogP contribution < -0.4 is 11.2 Å². The van der Waals surface area contributed by atoms with Crippen molar-refractivity contribution in [2.75, 3.05) is 5.73 Å². The third-order valence-corrected chi connectivity index (χ3v) is 2.94. The highest BCUT2D eigenvalue weighted by Gasteiger charge is 2.15. The zero-order chi connectivity index (χ0) is 16.2. The smallest absolute Gasteiger partial charge is 0.293 e. The van der Waals surface area contributed by atoms with Crippen LogP contribution in [-0.4, -0.2) is 37.4 Å². The molecule has 2 aromatic heterocycles. The van der Waals surface area contributed by atoms with Gasteiger partial charge in [0.15, 0.2) is 5.69 Å². The Bertz CT molecular complexity index is 854. The number of benzene rings is 1. The molecule has 0 aliphatic heterocycles. The maximum absolute atomic E-state index is 11.9. The molecule has 0 saturated carbocycles. The Morgan fingerprint density at radius 1 is 1.35 bits per heavy atom. The number of hydrogen-bond acceptors (Lipinski definition) is 8. The molecule has 0 spiro atoms. The Hall–Kier alpha value is -3.27. The van der Waals surface area contributed by atoms with Gasteiger partial charge in [0.25, 0.3) is 5.91 Å². The number of aromatic nitrogens is 5. The second-order valence-corrected chi connectivity index (χ2v) is 4.71. The van der Waals surface area contributed by atoms with Crippen molar-refractivity contribution in [3.05, 3.63) is 46.7 Å². The molecular formula is C12H9ClN8O2.